The van der Waals surface area contributed by atoms with Gasteiger partial charge in [-0.05, 0) is 18.2 Å². The minimum Gasteiger partial charge on any atom is -0.465 e. The fourth-order valence-electron chi connectivity index (χ4n) is 1.68. The normalized spacial score (nSPS) is 10.2. The van der Waals surface area contributed by atoms with Crippen molar-refractivity contribution in [1.29, 1.82) is 0 Å². The van der Waals surface area contributed by atoms with E-state index < -0.39 is 11.8 Å². The van der Waals surface area contributed by atoms with E-state index in [1.165, 1.54) is 29.2 Å². The predicted octanol–water partition coefficient (Wildman–Crippen LogP) is 1.03. The van der Waals surface area contributed by atoms with Gasteiger partial charge in [-0.2, -0.15) is 5.10 Å². The molecule has 3 N–H and O–H groups in total. The topological polar surface area (TPSA) is 99.2 Å². The number of carbonyl (C=O) groups is 2. The summed E-state index contributed by atoms with van der Waals surface area (Å²) in [6, 6.07) is 3.63. The molecular formula is C13H13FN4O3. The van der Waals surface area contributed by atoms with Crippen molar-refractivity contribution < 1.29 is 18.7 Å². The van der Waals surface area contributed by atoms with Crippen molar-refractivity contribution in [1.82, 2.24) is 9.78 Å². The highest BCUT2D eigenvalue weighted by Gasteiger charge is 2.14. The van der Waals surface area contributed by atoms with Gasteiger partial charge in [-0.1, -0.05) is 0 Å². The molecule has 0 aliphatic carbocycles. The minimum atomic E-state index is -0.816. The summed E-state index contributed by atoms with van der Waals surface area (Å²) in [6.45, 7) is -0.0534. The van der Waals surface area contributed by atoms with Crippen LogP contribution in [0.4, 0.5) is 15.8 Å². The number of methoxy groups -OCH3 is 1. The van der Waals surface area contributed by atoms with Crippen LogP contribution in [0.2, 0.25) is 0 Å². The van der Waals surface area contributed by atoms with Gasteiger partial charge >= 0.3 is 5.97 Å². The second-order valence-electron chi connectivity index (χ2n) is 4.21. The van der Waals surface area contributed by atoms with Gasteiger partial charge in [0.25, 0.3) is 0 Å². The molecule has 1 heterocycles. The number of esters is 1. The van der Waals surface area contributed by atoms with E-state index in [0.717, 1.165) is 13.2 Å². The molecule has 2 rings (SSSR count). The molecule has 8 heteroatoms. The van der Waals surface area contributed by atoms with E-state index in [9.17, 15) is 14.0 Å². The molecule has 0 atom stereocenters. The number of benzene rings is 1. The Kier molecular flexibility index (Phi) is 4.17. The highest BCUT2D eigenvalue weighted by molar-refractivity contribution is 5.94. The molecule has 0 bridgehead atoms. The van der Waals surface area contributed by atoms with Gasteiger partial charge in [0.2, 0.25) is 5.91 Å². The van der Waals surface area contributed by atoms with Gasteiger partial charge in [0.1, 0.15) is 12.4 Å². The van der Waals surface area contributed by atoms with Crippen molar-refractivity contribution in [3.8, 4) is 0 Å². The molecule has 0 saturated carbocycles. The second kappa shape index (κ2) is 6.04. The number of anilines is 2. The molecule has 0 aliphatic rings. The zero-order chi connectivity index (χ0) is 15.4. The molecule has 0 spiro atoms. The zero-order valence-electron chi connectivity index (χ0n) is 11.2. The standard InChI is InChI=1S/C13H13FN4O3/c1-21-13(20)10-4-9(2-3-11(10)14)17-12(19)7-18-6-8(15)5-16-18/h2-6H,7,15H2,1H3,(H,17,19). The fraction of sp³-hybridized carbons (Fsp3) is 0.154. The lowest BCUT2D eigenvalue weighted by Crippen LogP contribution is -2.19. The molecule has 1 aromatic heterocycles. The quantitative estimate of drug-likeness (QED) is 0.820. The Labute approximate surface area is 119 Å². The van der Waals surface area contributed by atoms with Gasteiger partial charge in [-0.15, -0.1) is 0 Å². The van der Waals surface area contributed by atoms with E-state index in [0.29, 0.717) is 5.69 Å². The Morgan fingerprint density at radius 3 is 2.86 bits per heavy atom. The number of rotatable bonds is 4. The average Bonchev–Trinajstić information content (AvgIpc) is 2.85. The summed E-state index contributed by atoms with van der Waals surface area (Å²) in [7, 11) is 1.15. The molecule has 7 nitrogen and oxygen atoms in total. The van der Waals surface area contributed by atoms with E-state index in [1.807, 2.05) is 0 Å². The van der Waals surface area contributed by atoms with Crippen LogP contribution in [0, 0.1) is 5.82 Å². The van der Waals surface area contributed by atoms with Gasteiger partial charge in [0.15, 0.2) is 0 Å². The maximum atomic E-state index is 13.5. The summed E-state index contributed by atoms with van der Waals surface area (Å²) in [6.07, 6.45) is 2.92. The predicted molar refractivity (Wildman–Crippen MR) is 73.0 cm³/mol. The van der Waals surface area contributed by atoms with Crippen LogP contribution in [0.1, 0.15) is 10.4 Å². The minimum absolute atomic E-state index is 0.0534. The zero-order valence-corrected chi connectivity index (χ0v) is 11.2. The summed E-state index contributed by atoms with van der Waals surface area (Å²) in [4.78, 5) is 23.2. The highest BCUT2D eigenvalue weighted by Crippen LogP contribution is 2.15. The maximum Gasteiger partial charge on any atom is 0.340 e. The van der Waals surface area contributed by atoms with Gasteiger partial charge in [0, 0.05) is 11.9 Å². The van der Waals surface area contributed by atoms with Crippen LogP contribution >= 0.6 is 0 Å². The molecule has 0 saturated heterocycles. The Balaban J connectivity index is 2.08. The number of nitrogens with two attached hydrogens (primary N) is 1. The monoisotopic (exact) mass is 292 g/mol. The highest BCUT2D eigenvalue weighted by atomic mass is 19.1. The molecule has 0 unspecified atom stereocenters. The molecule has 2 aromatic rings. The third-order valence-electron chi connectivity index (χ3n) is 2.61. The summed E-state index contributed by atoms with van der Waals surface area (Å²) in [5.74, 6) is -1.93. The maximum absolute atomic E-state index is 13.5. The largest absolute Gasteiger partial charge is 0.465 e. The smallest absolute Gasteiger partial charge is 0.340 e. The van der Waals surface area contributed by atoms with E-state index in [4.69, 9.17) is 5.73 Å². The number of nitrogens with zero attached hydrogens (tertiary/aromatic N) is 2. The van der Waals surface area contributed by atoms with Crippen molar-refractivity contribution in [2.75, 3.05) is 18.2 Å². The summed E-state index contributed by atoms with van der Waals surface area (Å²) >= 11 is 0. The number of nitrogens with one attached hydrogen (secondary N) is 1. The summed E-state index contributed by atoms with van der Waals surface area (Å²) in [5.41, 5.74) is 5.95. The van der Waals surface area contributed by atoms with Crippen LogP contribution in [-0.4, -0.2) is 28.8 Å². The summed E-state index contributed by atoms with van der Waals surface area (Å²) in [5, 5.41) is 6.40. The number of amides is 1. The molecule has 1 amide bonds. The third kappa shape index (κ3) is 3.56. The molecule has 0 radical (unpaired) electrons. The van der Waals surface area contributed by atoms with Gasteiger partial charge < -0.3 is 15.8 Å². The van der Waals surface area contributed by atoms with Crippen LogP contribution in [0.25, 0.3) is 0 Å². The molecule has 1 aromatic carbocycles. The number of halogens is 1. The Bertz CT molecular complexity index is 684. The number of carbonyl (C=O) groups excluding carboxylic acids is 2. The number of ether oxygens (including phenoxy) is 1. The van der Waals surface area contributed by atoms with Gasteiger partial charge in [0.05, 0.1) is 24.6 Å². The second-order valence-corrected chi connectivity index (χ2v) is 4.21. The van der Waals surface area contributed by atoms with Crippen molar-refractivity contribution in [2.24, 2.45) is 0 Å². The lowest BCUT2D eigenvalue weighted by atomic mass is 10.2. The van der Waals surface area contributed by atoms with E-state index >= 15 is 0 Å². The van der Waals surface area contributed by atoms with Gasteiger partial charge in [-0.3, -0.25) is 9.48 Å². The number of hydrogen-bond acceptors (Lipinski definition) is 5. The van der Waals surface area contributed by atoms with E-state index in [2.05, 4.69) is 15.2 Å². The number of hydrogen-bond donors (Lipinski definition) is 2. The van der Waals surface area contributed by atoms with Crippen molar-refractivity contribution in [3.05, 3.63) is 42.0 Å². The van der Waals surface area contributed by atoms with Crippen LogP contribution < -0.4 is 11.1 Å². The SMILES string of the molecule is COC(=O)c1cc(NC(=O)Cn2cc(N)cn2)ccc1F. The van der Waals surface area contributed by atoms with E-state index in [1.54, 1.807) is 0 Å². The van der Waals surface area contributed by atoms with Crippen LogP contribution in [0.5, 0.6) is 0 Å². The molecule has 110 valence electrons. The Morgan fingerprint density at radius 2 is 2.24 bits per heavy atom. The van der Waals surface area contributed by atoms with Crippen LogP contribution in [0.15, 0.2) is 30.6 Å². The third-order valence-corrected chi connectivity index (χ3v) is 2.61. The number of aromatic nitrogens is 2. The first-order chi connectivity index (χ1) is 9.99. The Hall–Kier alpha value is -2.90. The molecular weight excluding hydrogens is 279 g/mol. The molecule has 0 fully saturated rings. The van der Waals surface area contributed by atoms with Crippen molar-refractivity contribution in [2.45, 2.75) is 6.54 Å². The average molecular weight is 292 g/mol. The van der Waals surface area contributed by atoms with Crippen LogP contribution in [0.3, 0.4) is 0 Å². The first-order valence-electron chi connectivity index (χ1n) is 5.95. The number of nitrogen functional groups attached to an aromatic ring is 1. The van der Waals surface area contributed by atoms with Crippen molar-refractivity contribution in [3.63, 3.8) is 0 Å². The molecule has 21 heavy (non-hydrogen) atoms. The van der Waals surface area contributed by atoms with Crippen molar-refractivity contribution >= 4 is 23.3 Å². The molecule has 0 aliphatic heterocycles. The summed E-state index contributed by atoms with van der Waals surface area (Å²) < 4.78 is 19.3. The first-order valence-corrected chi connectivity index (χ1v) is 5.95. The first kappa shape index (κ1) is 14.5. The Morgan fingerprint density at radius 1 is 1.48 bits per heavy atom. The fourth-order valence-corrected chi connectivity index (χ4v) is 1.68. The lowest BCUT2D eigenvalue weighted by Gasteiger charge is -2.07. The van der Waals surface area contributed by atoms with Gasteiger partial charge in [-0.25, -0.2) is 9.18 Å². The lowest BCUT2D eigenvalue weighted by molar-refractivity contribution is -0.116. The van der Waals surface area contributed by atoms with E-state index in [-0.39, 0.29) is 23.7 Å². The van der Waals surface area contributed by atoms with Crippen LogP contribution in [-0.2, 0) is 16.1 Å².